The summed E-state index contributed by atoms with van der Waals surface area (Å²) in [6.07, 6.45) is 1.18. The third kappa shape index (κ3) is 6.85. The maximum atomic E-state index is 14.7. The number of carbonyl (C=O) groups is 3. The molecule has 2 saturated heterocycles. The van der Waals surface area contributed by atoms with Crippen molar-refractivity contribution >= 4 is 47.0 Å². The van der Waals surface area contributed by atoms with E-state index in [1.54, 1.807) is 30.3 Å². The number of ether oxygens (including phenoxy) is 3. The highest BCUT2D eigenvalue weighted by atomic mass is 35.5. The molecular formula is C26H27ClFN3O6. The SMILES string of the molecule is CCO[C@@H]1C[C@@H](OC(=O)Nc2ccc(N3CCOCC3=O)cc2F)N(C(=O)C=Cc2ccc(Cl)cc2)C1. The highest BCUT2D eigenvalue weighted by molar-refractivity contribution is 6.30. The van der Waals surface area contributed by atoms with Crippen LogP contribution in [0.5, 0.6) is 0 Å². The predicted molar refractivity (Wildman–Crippen MR) is 136 cm³/mol. The average molecular weight is 532 g/mol. The molecule has 11 heteroatoms. The third-order valence-corrected chi connectivity index (χ3v) is 6.17. The first kappa shape index (κ1) is 26.6. The molecule has 9 nitrogen and oxygen atoms in total. The van der Waals surface area contributed by atoms with Crippen molar-refractivity contribution in [3.8, 4) is 0 Å². The quantitative estimate of drug-likeness (QED) is 0.541. The van der Waals surface area contributed by atoms with Crippen LogP contribution in [0.3, 0.4) is 0 Å². The molecule has 2 aliphatic rings. The van der Waals surface area contributed by atoms with Crippen molar-refractivity contribution in [2.75, 3.05) is 43.1 Å². The van der Waals surface area contributed by atoms with E-state index in [0.717, 1.165) is 11.6 Å². The van der Waals surface area contributed by atoms with E-state index in [2.05, 4.69) is 5.32 Å². The number of rotatable bonds is 7. The van der Waals surface area contributed by atoms with E-state index >= 15 is 0 Å². The Balaban J connectivity index is 1.40. The van der Waals surface area contributed by atoms with Crippen LogP contribution in [0.4, 0.5) is 20.6 Å². The zero-order valence-electron chi connectivity index (χ0n) is 20.2. The first-order chi connectivity index (χ1) is 17.8. The summed E-state index contributed by atoms with van der Waals surface area (Å²) in [5.41, 5.74) is 1.03. The van der Waals surface area contributed by atoms with E-state index in [4.69, 9.17) is 25.8 Å². The number of morpholine rings is 1. The highest BCUT2D eigenvalue weighted by Crippen LogP contribution is 2.26. The minimum atomic E-state index is -0.921. The van der Waals surface area contributed by atoms with Crippen molar-refractivity contribution in [2.45, 2.75) is 25.7 Å². The first-order valence-corrected chi connectivity index (χ1v) is 12.2. The molecule has 2 fully saturated rings. The summed E-state index contributed by atoms with van der Waals surface area (Å²) in [6.45, 7) is 3.12. The largest absolute Gasteiger partial charge is 0.425 e. The lowest BCUT2D eigenvalue weighted by Crippen LogP contribution is -2.41. The Kier molecular flexibility index (Phi) is 8.75. The number of carbonyl (C=O) groups excluding carboxylic acids is 3. The van der Waals surface area contributed by atoms with Gasteiger partial charge >= 0.3 is 6.09 Å². The van der Waals surface area contributed by atoms with Gasteiger partial charge in [-0.25, -0.2) is 9.18 Å². The van der Waals surface area contributed by atoms with E-state index in [9.17, 15) is 18.8 Å². The Hall–Kier alpha value is -3.47. The van der Waals surface area contributed by atoms with Crippen LogP contribution in [0.2, 0.25) is 5.02 Å². The Morgan fingerprint density at radius 2 is 2.03 bits per heavy atom. The van der Waals surface area contributed by atoms with Crippen molar-refractivity contribution < 1.29 is 33.0 Å². The number of anilines is 2. The molecule has 2 aliphatic heterocycles. The molecule has 0 bridgehead atoms. The summed E-state index contributed by atoms with van der Waals surface area (Å²) in [4.78, 5) is 40.3. The van der Waals surface area contributed by atoms with Crippen LogP contribution in [0, 0.1) is 5.82 Å². The lowest BCUT2D eigenvalue weighted by atomic mass is 10.2. The van der Waals surface area contributed by atoms with Crippen molar-refractivity contribution in [3.05, 3.63) is 64.9 Å². The topological polar surface area (TPSA) is 97.4 Å². The summed E-state index contributed by atoms with van der Waals surface area (Å²) < 4.78 is 30.9. The van der Waals surface area contributed by atoms with Crippen LogP contribution >= 0.6 is 11.6 Å². The second-order valence-electron chi connectivity index (χ2n) is 8.44. The molecule has 0 aliphatic carbocycles. The number of nitrogens with one attached hydrogen (secondary N) is 1. The lowest BCUT2D eigenvalue weighted by molar-refractivity contribution is -0.132. The van der Waals surface area contributed by atoms with E-state index < -0.39 is 18.1 Å². The van der Waals surface area contributed by atoms with Crippen molar-refractivity contribution in [1.29, 1.82) is 0 Å². The van der Waals surface area contributed by atoms with Gasteiger partial charge in [-0.1, -0.05) is 23.7 Å². The van der Waals surface area contributed by atoms with Crippen LogP contribution in [0.15, 0.2) is 48.5 Å². The lowest BCUT2D eigenvalue weighted by Gasteiger charge is -2.27. The van der Waals surface area contributed by atoms with Crippen LogP contribution in [0.1, 0.15) is 18.9 Å². The standard InChI is InChI=1S/C26H27ClFN3O6/c1-2-36-20-14-25(31(15-20)23(32)10-5-17-3-6-18(27)7-4-17)37-26(34)29-22-9-8-19(13-21(22)28)30-11-12-35-16-24(30)33/h3-10,13,20,25H,2,11-12,14-16H2,1H3,(H,29,34)/t20-,25-/m1/s1. The minimum Gasteiger partial charge on any atom is -0.425 e. The summed E-state index contributed by atoms with van der Waals surface area (Å²) in [6, 6.07) is 11.0. The van der Waals surface area contributed by atoms with Gasteiger partial charge in [0.05, 0.1) is 24.9 Å². The third-order valence-electron chi connectivity index (χ3n) is 5.92. The van der Waals surface area contributed by atoms with E-state index in [1.807, 2.05) is 6.92 Å². The number of benzene rings is 2. The minimum absolute atomic E-state index is 0.0673. The molecule has 0 aromatic heterocycles. The fourth-order valence-corrected chi connectivity index (χ4v) is 4.25. The molecule has 2 heterocycles. The average Bonchev–Trinajstić information content (AvgIpc) is 3.27. The maximum Gasteiger partial charge on any atom is 0.413 e. The van der Waals surface area contributed by atoms with Crippen LogP contribution in [-0.4, -0.2) is 68.0 Å². The molecule has 0 radical (unpaired) electrons. The molecule has 2 aromatic rings. The molecule has 1 N–H and O–H groups in total. The smallest absolute Gasteiger partial charge is 0.413 e. The van der Waals surface area contributed by atoms with Gasteiger partial charge in [-0.2, -0.15) is 0 Å². The molecule has 0 unspecified atom stereocenters. The Morgan fingerprint density at radius 3 is 2.73 bits per heavy atom. The van der Waals surface area contributed by atoms with Crippen molar-refractivity contribution in [2.24, 2.45) is 0 Å². The van der Waals surface area contributed by atoms with Crippen LogP contribution < -0.4 is 10.2 Å². The van der Waals surface area contributed by atoms with Gasteiger partial charge in [-0.05, 0) is 48.9 Å². The van der Waals surface area contributed by atoms with E-state index in [1.165, 1.54) is 28.0 Å². The fraction of sp³-hybridized carbons (Fsp3) is 0.346. The molecule has 2 atom stereocenters. The van der Waals surface area contributed by atoms with Crippen molar-refractivity contribution in [1.82, 2.24) is 4.90 Å². The maximum absolute atomic E-state index is 14.7. The molecule has 196 valence electrons. The predicted octanol–water partition coefficient (Wildman–Crippen LogP) is 4.07. The number of likely N-dealkylation sites (tertiary alicyclic amines) is 1. The fourth-order valence-electron chi connectivity index (χ4n) is 4.13. The number of halogens is 2. The molecule has 37 heavy (non-hydrogen) atoms. The van der Waals surface area contributed by atoms with Gasteiger partial charge in [-0.15, -0.1) is 0 Å². The van der Waals surface area contributed by atoms with Gasteiger partial charge in [0.1, 0.15) is 12.4 Å². The number of amides is 3. The van der Waals surface area contributed by atoms with Gasteiger partial charge in [0.2, 0.25) is 5.91 Å². The zero-order valence-corrected chi connectivity index (χ0v) is 20.9. The monoisotopic (exact) mass is 531 g/mol. The Bertz CT molecular complexity index is 1180. The number of hydrogen-bond acceptors (Lipinski definition) is 6. The first-order valence-electron chi connectivity index (χ1n) is 11.8. The van der Waals surface area contributed by atoms with Crippen LogP contribution in [-0.2, 0) is 23.8 Å². The summed E-state index contributed by atoms with van der Waals surface area (Å²) in [5, 5.41) is 2.96. The van der Waals surface area contributed by atoms with Gasteiger partial charge in [0.25, 0.3) is 5.91 Å². The Morgan fingerprint density at radius 1 is 1.24 bits per heavy atom. The van der Waals surface area contributed by atoms with Crippen LogP contribution in [0.25, 0.3) is 6.08 Å². The summed E-state index contributed by atoms with van der Waals surface area (Å²) in [5.74, 6) is -1.36. The van der Waals surface area contributed by atoms with E-state index in [-0.39, 0.29) is 43.2 Å². The molecule has 3 amide bonds. The normalized spacial score (nSPS) is 19.9. The Labute approximate surface area is 218 Å². The van der Waals surface area contributed by atoms with Crippen molar-refractivity contribution in [3.63, 3.8) is 0 Å². The summed E-state index contributed by atoms with van der Waals surface area (Å²) in [7, 11) is 0. The van der Waals surface area contributed by atoms with Gasteiger partial charge < -0.3 is 24.0 Å². The summed E-state index contributed by atoms with van der Waals surface area (Å²) >= 11 is 5.90. The molecule has 0 spiro atoms. The highest BCUT2D eigenvalue weighted by Gasteiger charge is 2.37. The van der Waals surface area contributed by atoms with Gasteiger partial charge in [-0.3, -0.25) is 14.9 Å². The number of hydrogen-bond donors (Lipinski definition) is 1. The van der Waals surface area contributed by atoms with E-state index in [0.29, 0.717) is 30.5 Å². The molecule has 4 rings (SSSR count). The molecule has 0 saturated carbocycles. The molecular weight excluding hydrogens is 505 g/mol. The number of nitrogens with zero attached hydrogens (tertiary/aromatic N) is 2. The zero-order chi connectivity index (χ0) is 26.4. The second kappa shape index (κ2) is 12.2. The molecule has 2 aromatic carbocycles. The van der Waals surface area contributed by atoms with Gasteiger partial charge in [0.15, 0.2) is 6.23 Å². The van der Waals surface area contributed by atoms with Gasteiger partial charge in [0, 0.05) is 36.4 Å². The second-order valence-corrected chi connectivity index (χ2v) is 8.87.